The third kappa shape index (κ3) is 12.4. The lowest BCUT2D eigenvalue weighted by molar-refractivity contribution is -0.140. The summed E-state index contributed by atoms with van der Waals surface area (Å²) >= 11 is 27.1. The molecule has 0 aliphatic carbocycles. The summed E-state index contributed by atoms with van der Waals surface area (Å²) in [4.78, 5) is 42.9. The Kier molecular flexibility index (Phi) is 17.0. The molecule has 0 radical (unpaired) electrons. The zero-order valence-electron chi connectivity index (χ0n) is 21.2. The second kappa shape index (κ2) is 18.3. The van der Waals surface area contributed by atoms with E-state index < -0.39 is 17.9 Å². The van der Waals surface area contributed by atoms with Crippen LogP contribution in [0.3, 0.4) is 0 Å². The first-order chi connectivity index (χ1) is 19.1. The average molecular weight is 1090 g/mol. The van der Waals surface area contributed by atoms with Gasteiger partial charge in [-0.05, 0) is 114 Å². The zero-order chi connectivity index (χ0) is 31.0. The Morgan fingerprint density at radius 2 is 0.780 bits per heavy atom. The normalized spacial score (nSPS) is 11.6. The molecule has 0 atom stereocenters. The molecule has 0 heterocycles. The highest BCUT2D eigenvalue weighted by molar-refractivity contribution is 14.1. The molecule has 0 saturated carbocycles. The van der Waals surface area contributed by atoms with Crippen LogP contribution in [0, 0.1) is 14.3 Å². The van der Waals surface area contributed by atoms with Crippen molar-refractivity contribution >= 4 is 159 Å². The number of hydrogen-bond acceptors (Lipinski definition) is 10. The maximum Gasteiger partial charge on any atom is 0.317 e. The van der Waals surface area contributed by atoms with Gasteiger partial charge in [0.25, 0.3) is 0 Å². The van der Waals surface area contributed by atoms with Crippen molar-refractivity contribution in [3.8, 4) is 0 Å². The van der Waals surface area contributed by atoms with Gasteiger partial charge in [0.05, 0.1) is 19.6 Å². The van der Waals surface area contributed by atoms with Gasteiger partial charge in [-0.3, -0.25) is 29.1 Å². The predicted molar refractivity (Wildman–Crippen MR) is 203 cm³/mol. The molecule has 9 nitrogen and oxygen atoms in total. The highest BCUT2D eigenvalue weighted by atomic mass is 127. The summed E-state index contributed by atoms with van der Waals surface area (Å²) in [5, 5.41) is 28.6. The monoisotopic (exact) mass is 1090 g/mol. The molecule has 2 aromatic rings. The Morgan fingerprint density at radius 1 is 0.537 bits per heavy atom. The Bertz CT molecular complexity index is 1170. The Balaban J connectivity index is 2.22. The van der Waals surface area contributed by atoms with Crippen molar-refractivity contribution in [2.24, 2.45) is 0 Å². The highest BCUT2D eigenvalue weighted by Gasteiger charge is 2.21. The highest BCUT2D eigenvalue weighted by Crippen LogP contribution is 2.33. The van der Waals surface area contributed by atoms with Crippen LogP contribution in [-0.2, 0) is 27.5 Å². The van der Waals surface area contributed by atoms with Crippen molar-refractivity contribution in [3.63, 3.8) is 0 Å². The SMILES string of the molecule is O=C(O)CN(CCN(CC(=O)O)Cc1c(S)c(I)cc(I)c1S)CCN(CC(=O)O)Cc1c(S)c(I)cc(I)c1S. The topological polar surface area (TPSA) is 122 Å². The molecular weight excluding hydrogens is 1060 g/mol. The lowest BCUT2D eigenvalue weighted by Crippen LogP contribution is -2.43. The van der Waals surface area contributed by atoms with Crippen molar-refractivity contribution in [1.29, 1.82) is 0 Å². The van der Waals surface area contributed by atoms with Crippen LogP contribution < -0.4 is 0 Å². The van der Waals surface area contributed by atoms with Crippen LogP contribution in [-0.4, -0.2) is 93.7 Å². The third-order valence-electron chi connectivity index (χ3n) is 5.86. The molecule has 0 amide bonds. The fraction of sp³-hybridized carbons (Fsp3) is 0.375. The second-order valence-electron chi connectivity index (χ2n) is 8.91. The number of benzene rings is 2. The van der Waals surface area contributed by atoms with Crippen LogP contribution in [0.15, 0.2) is 31.7 Å². The van der Waals surface area contributed by atoms with Gasteiger partial charge in [0, 0.05) is 73.1 Å². The quantitative estimate of drug-likeness (QED) is 0.0909. The first-order valence-electron chi connectivity index (χ1n) is 11.7. The molecule has 3 N–H and O–H groups in total. The Morgan fingerprint density at radius 3 is 1.05 bits per heavy atom. The maximum atomic E-state index is 11.7. The molecule has 41 heavy (non-hydrogen) atoms. The van der Waals surface area contributed by atoms with Gasteiger partial charge in [-0.25, -0.2) is 0 Å². The lowest BCUT2D eigenvalue weighted by atomic mass is 10.2. The lowest BCUT2D eigenvalue weighted by Gasteiger charge is -2.29. The number of carbonyl (C=O) groups is 3. The van der Waals surface area contributed by atoms with E-state index in [9.17, 15) is 29.7 Å². The first-order valence-corrected chi connectivity index (χ1v) is 17.8. The summed E-state index contributed by atoms with van der Waals surface area (Å²) in [6.45, 7) is 0.770. The molecule has 0 spiro atoms. The molecule has 0 aliphatic rings. The van der Waals surface area contributed by atoms with Gasteiger partial charge in [0.15, 0.2) is 0 Å². The van der Waals surface area contributed by atoms with Crippen molar-refractivity contribution < 1.29 is 29.7 Å². The minimum atomic E-state index is -1.04. The molecular formula is C24H27I4N3O6S4. The fourth-order valence-electron chi connectivity index (χ4n) is 3.88. The first kappa shape index (κ1) is 38.2. The van der Waals surface area contributed by atoms with Crippen molar-refractivity contribution in [3.05, 3.63) is 37.5 Å². The number of halogens is 4. The van der Waals surface area contributed by atoms with Crippen LogP contribution in [0.2, 0.25) is 0 Å². The van der Waals surface area contributed by atoms with Gasteiger partial charge in [0.1, 0.15) is 0 Å². The Hall–Kier alpha value is 1.05. The summed E-state index contributed by atoms with van der Waals surface area (Å²) < 4.78 is 3.67. The number of hydrogen-bond donors (Lipinski definition) is 7. The van der Waals surface area contributed by atoms with Crippen LogP contribution in [0.1, 0.15) is 11.1 Å². The summed E-state index contributed by atoms with van der Waals surface area (Å²) in [6.07, 6.45) is 0. The molecule has 2 aromatic carbocycles. The minimum absolute atomic E-state index is 0.252. The predicted octanol–water partition coefficient (Wildman–Crippen LogP) is 5.12. The van der Waals surface area contributed by atoms with Crippen molar-refractivity contribution in [2.75, 3.05) is 45.8 Å². The molecule has 226 valence electrons. The van der Waals surface area contributed by atoms with E-state index in [0.717, 1.165) is 45.0 Å². The number of aliphatic carboxylic acids is 3. The van der Waals surface area contributed by atoms with E-state index in [2.05, 4.69) is 141 Å². The van der Waals surface area contributed by atoms with Crippen LogP contribution in [0.4, 0.5) is 0 Å². The summed E-state index contributed by atoms with van der Waals surface area (Å²) in [7, 11) is 0. The van der Waals surface area contributed by atoms with Gasteiger partial charge in [-0.1, -0.05) is 0 Å². The Labute approximate surface area is 315 Å². The zero-order valence-corrected chi connectivity index (χ0v) is 33.4. The van der Waals surface area contributed by atoms with Crippen LogP contribution in [0.5, 0.6) is 0 Å². The molecule has 0 fully saturated rings. The summed E-state index contributed by atoms with van der Waals surface area (Å²) in [5.41, 5.74) is 1.59. The van der Waals surface area contributed by atoms with Gasteiger partial charge < -0.3 is 15.3 Å². The number of nitrogens with zero attached hydrogens (tertiary/aromatic N) is 3. The van der Waals surface area contributed by atoms with Crippen LogP contribution in [0.25, 0.3) is 0 Å². The van der Waals surface area contributed by atoms with E-state index in [1.165, 1.54) is 0 Å². The number of thiol groups is 4. The van der Waals surface area contributed by atoms with Crippen molar-refractivity contribution in [2.45, 2.75) is 32.7 Å². The second-order valence-corrected chi connectivity index (χ2v) is 15.3. The maximum absolute atomic E-state index is 11.7. The van der Waals surface area contributed by atoms with Gasteiger partial charge >= 0.3 is 17.9 Å². The molecule has 17 heteroatoms. The average Bonchev–Trinajstić information content (AvgIpc) is 2.86. The largest absolute Gasteiger partial charge is 0.480 e. The minimum Gasteiger partial charge on any atom is -0.480 e. The molecule has 0 aliphatic heterocycles. The van der Waals surface area contributed by atoms with E-state index in [-0.39, 0.29) is 58.9 Å². The number of carboxylic acid groups (broad SMARTS) is 3. The molecule has 0 unspecified atom stereocenters. The molecule has 0 bridgehead atoms. The fourth-order valence-corrected chi connectivity index (χ4v) is 8.79. The van der Waals surface area contributed by atoms with E-state index in [1.54, 1.807) is 14.7 Å². The molecule has 0 saturated heterocycles. The molecule has 2 rings (SSSR count). The summed E-state index contributed by atoms with van der Waals surface area (Å²) in [6, 6.07) is 3.89. The molecule has 0 aromatic heterocycles. The van der Waals surface area contributed by atoms with E-state index in [1.807, 2.05) is 12.1 Å². The number of rotatable bonds is 16. The van der Waals surface area contributed by atoms with E-state index >= 15 is 0 Å². The van der Waals surface area contributed by atoms with Gasteiger partial charge in [-0.15, -0.1) is 50.5 Å². The standard InChI is InChI=1S/C24H27I4N3O6S4/c25-14-5-15(26)22(39)12(21(14)38)7-30(10-19(34)35)3-1-29(9-18(32)33)2-4-31(11-20(36)37)8-13-23(40)16(27)6-17(28)24(13)41/h5-6,38-41H,1-4,7-11H2,(H,32,33)(H,34,35)(H,36,37). The third-order valence-corrected chi connectivity index (χ3v) is 13.0. The van der Waals surface area contributed by atoms with Gasteiger partial charge in [-0.2, -0.15) is 0 Å². The van der Waals surface area contributed by atoms with Gasteiger partial charge in [0.2, 0.25) is 0 Å². The number of carboxylic acids is 3. The van der Waals surface area contributed by atoms with Crippen LogP contribution >= 0.6 is 141 Å². The van der Waals surface area contributed by atoms with E-state index in [0.29, 0.717) is 0 Å². The summed E-state index contributed by atoms with van der Waals surface area (Å²) in [5.74, 6) is -3.06. The smallest absolute Gasteiger partial charge is 0.317 e. The van der Waals surface area contributed by atoms with Crippen molar-refractivity contribution in [1.82, 2.24) is 14.7 Å². The van der Waals surface area contributed by atoms with E-state index in [4.69, 9.17) is 0 Å².